The van der Waals surface area contributed by atoms with Crippen molar-refractivity contribution in [1.29, 1.82) is 0 Å². The van der Waals surface area contributed by atoms with Gasteiger partial charge in [-0.3, -0.25) is 0 Å². The Morgan fingerprint density at radius 1 is 0.727 bits per heavy atom. The van der Waals surface area contributed by atoms with Crippen molar-refractivity contribution in [2.75, 3.05) is 35.2 Å². The summed E-state index contributed by atoms with van der Waals surface area (Å²) < 4.78 is 11.5. The van der Waals surface area contributed by atoms with Gasteiger partial charge in [0.15, 0.2) is 23.1 Å². The number of nitrogens with zero attached hydrogens (tertiary/aromatic N) is 4. The van der Waals surface area contributed by atoms with Crippen molar-refractivity contribution in [1.82, 2.24) is 19.9 Å². The van der Waals surface area contributed by atoms with E-state index in [0.29, 0.717) is 63.7 Å². The van der Waals surface area contributed by atoms with Gasteiger partial charge < -0.3 is 41.8 Å². The van der Waals surface area contributed by atoms with Crippen LogP contribution >= 0.6 is 23.2 Å². The third kappa shape index (κ3) is 8.73. The van der Waals surface area contributed by atoms with E-state index in [4.69, 9.17) is 44.1 Å². The summed E-state index contributed by atoms with van der Waals surface area (Å²) in [5.74, 6) is 4.32. The van der Waals surface area contributed by atoms with Crippen LogP contribution in [0.5, 0.6) is 23.0 Å². The fourth-order valence-corrected chi connectivity index (χ4v) is 4.81. The zero-order valence-electron chi connectivity index (χ0n) is 23.7. The molecule has 14 heteroatoms. The molecule has 232 valence electrons. The number of nitrogens with two attached hydrogens (primary N) is 2. The zero-order valence-corrected chi connectivity index (χ0v) is 25.2. The largest absolute Gasteiger partial charge is 0.452 e. The van der Waals surface area contributed by atoms with Gasteiger partial charge >= 0.3 is 0 Å². The summed E-state index contributed by atoms with van der Waals surface area (Å²) in [6, 6.07) is 14.0. The first kappa shape index (κ1) is 31.3. The molecule has 2 aromatic carbocycles. The van der Waals surface area contributed by atoms with Crippen LogP contribution in [0.2, 0.25) is 10.0 Å². The predicted octanol–water partition coefficient (Wildman–Crippen LogP) is 5.37. The first-order chi connectivity index (χ1) is 21.2. The lowest BCUT2D eigenvalue weighted by atomic mass is 9.82. The summed E-state index contributed by atoms with van der Waals surface area (Å²) in [4.78, 5) is 16.3. The molecule has 2 saturated carbocycles. The topological polar surface area (TPSA) is 187 Å². The summed E-state index contributed by atoms with van der Waals surface area (Å²) in [6.45, 7) is 1.33. The van der Waals surface area contributed by atoms with Crippen molar-refractivity contribution in [3.8, 4) is 23.0 Å². The van der Waals surface area contributed by atoms with E-state index in [-0.39, 0.29) is 30.0 Å². The lowest BCUT2D eigenvalue weighted by Crippen LogP contribution is -2.36. The SMILES string of the molecule is Nc1ncc(Oc2ccc(Cl)cc2)c(NC[C@@H]2CC[C@H]2O)n1.Nc1ncc(Oc2ccc(Cl)cc2)c(NC[C@H]2C[C@H](O)C2)n1. The van der Waals surface area contributed by atoms with E-state index in [0.717, 1.165) is 25.7 Å². The molecule has 0 unspecified atom stereocenters. The Bertz CT molecular complexity index is 1520. The quantitative estimate of drug-likeness (QED) is 0.130. The Morgan fingerprint density at radius 3 is 1.61 bits per heavy atom. The highest BCUT2D eigenvalue weighted by Crippen LogP contribution is 2.33. The van der Waals surface area contributed by atoms with Crippen LogP contribution in [0.15, 0.2) is 60.9 Å². The van der Waals surface area contributed by atoms with Crippen molar-refractivity contribution < 1.29 is 19.7 Å². The number of rotatable bonds is 10. The number of anilines is 4. The first-order valence-electron chi connectivity index (χ1n) is 14.2. The second kappa shape index (κ2) is 14.6. The van der Waals surface area contributed by atoms with E-state index in [1.54, 1.807) is 48.5 Å². The molecular formula is C30H34Cl2N8O4. The van der Waals surface area contributed by atoms with E-state index < -0.39 is 0 Å². The minimum atomic E-state index is -0.243. The molecule has 0 saturated heterocycles. The van der Waals surface area contributed by atoms with Crippen molar-refractivity contribution in [2.45, 2.75) is 37.9 Å². The minimum Gasteiger partial charge on any atom is -0.452 e. The van der Waals surface area contributed by atoms with Gasteiger partial charge in [-0.15, -0.1) is 0 Å². The molecule has 0 spiro atoms. The summed E-state index contributed by atoms with van der Waals surface area (Å²) in [5, 5.41) is 26.6. The Balaban J connectivity index is 0.000000175. The van der Waals surface area contributed by atoms with Crippen molar-refractivity contribution in [3.05, 3.63) is 71.0 Å². The van der Waals surface area contributed by atoms with Crippen molar-refractivity contribution in [2.24, 2.45) is 11.8 Å². The molecule has 44 heavy (non-hydrogen) atoms. The number of nitrogen functional groups attached to an aromatic ring is 2. The van der Waals surface area contributed by atoms with Crippen LogP contribution in [0.4, 0.5) is 23.5 Å². The molecular weight excluding hydrogens is 607 g/mol. The van der Waals surface area contributed by atoms with Crippen LogP contribution in [0, 0.1) is 11.8 Å². The van der Waals surface area contributed by atoms with E-state index in [9.17, 15) is 10.2 Å². The fourth-order valence-electron chi connectivity index (χ4n) is 4.56. The minimum absolute atomic E-state index is 0.167. The van der Waals surface area contributed by atoms with Gasteiger partial charge in [0.1, 0.15) is 11.5 Å². The third-order valence-corrected chi connectivity index (χ3v) is 7.81. The van der Waals surface area contributed by atoms with Gasteiger partial charge in [-0.2, -0.15) is 9.97 Å². The number of aliphatic hydroxyl groups is 2. The molecule has 6 rings (SSSR count). The van der Waals surface area contributed by atoms with Gasteiger partial charge in [-0.05, 0) is 80.1 Å². The lowest BCUT2D eigenvalue weighted by molar-refractivity contribution is 0.0314. The second-order valence-corrected chi connectivity index (χ2v) is 11.5. The highest BCUT2D eigenvalue weighted by molar-refractivity contribution is 6.30. The monoisotopic (exact) mass is 640 g/mol. The highest BCUT2D eigenvalue weighted by Gasteiger charge is 2.29. The standard InChI is InChI=1S/2C15H17ClN4O2/c16-10-2-4-11(5-3-10)22-13-8-19-15(17)20-14(13)18-7-9-1-6-12(9)21;16-10-1-3-12(4-2-10)22-13-8-19-15(17)20-14(13)18-7-9-5-11(21)6-9/h2-5,8-9,12,21H,1,6-7H2,(H3,17,18,19,20);1-4,8-9,11,21H,5-7H2,(H3,17,18,19,20)/t9-,12+;9-,11-/m0./s1. The Hall–Kier alpha value is -4.10. The van der Waals surface area contributed by atoms with Gasteiger partial charge in [-0.25, -0.2) is 9.97 Å². The number of aliphatic hydroxyl groups excluding tert-OH is 2. The molecule has 2 atom stereocenters. The molecule has 4 aromatic rings. The predicted molar refractivity (Wildman–Crippen MR) is 170 cm³/mol. The highest BCUT2D eigenvalue weighted by atomic mass is 35.5. The van der Waals surface area contributed by atoms with Crippen LogP contribution in [0.25, 0.3) is 0 Å². The van der Waals surface area contributed by atoms with Gasteiger partial charge in [0.2, 0.25) is 11.9 Å². The van der Waals surface area contributed by atoms with Crippen LogP contribution < -0.4 is 31.6 Å². The fraction of sp³-hybridized carbons (Fsp3) is 0.333. The van der Waals surface area contributed by atoms with Gasteiger partial charge in [-0.1, -0.05) is 23.2 Å². The van der Waals surface area contributed by atoms with Gasteiger partial charge in [0.25, 0.3) is 0 Å². The summed E-state index contributed by atoms with van der Waals surface area (Å²) >= 11 is 11.7. The number of hydrogen-bond acceptors (Lipinski definition) is 12. The number of nitrogens with one attached hydrogen (secondary N) is 2. The van der Waals surface area contributed by atoms with Crippen LogP contribution in [0.3, 0.4) is 0 Å². The van der Waals surface area contributed by atoms with Crippen LogP contribution in [-0.4, -0.2) is 55.4 Å². The number of hydrogen-bond donors (Lipinski definition) is 6. The number of aromatic nitrogens is 4. The maximum absolute atomic E-state index is 9.63. The molecule has 0 bridgehead atoms. The van der Waals surface area contributed by atoms with E-state index >= 15 is 0 Å². The number of halogens is 2. The molecule has 2 aliphatic carbocycles. The van der Waals surface area contributed by atoms with Gasteiger partial charge in [0, 0.05) is 29.1 Å². The first-order valence-corrected chi connectivity index (χ1v) is 14.9. The van der Waals surface area contributed by atoms with Crippen molar-refractivity contribution in [3.63, 3.8) is 0 Å². The lowest BCUT2D eigenvalue weighted by Gasteiger charge is -2.32. The summed E-state index contributed by atoms with van der Waals surface area (Å²) in [5.41, 5.74) is 11.3. The maximum atomic E-state index is 9.63. The Kier molecular flexibility index (Phi) is 10.4. The summed E-state index contributed by atoms with van der Waals surface area (Å²) in [7, 11) is 0. The molecule has 2 aliphatic rings. The summed E-state index contributed by atoms with van der Waals surface area (Å²) in [6.07, 6.45) is 6.11. The average molecular weight is 642 g/mol. The molecule has 0 aliphatic heterocycles. The Labute approximate surface area is 264 Å². The Morgan fingerprint density at radius 2 is 1.20 bits per heavy atom. The average Bonchev–Trinajstić information content (AvgIpc) is 2.99. The van der Waals surface area contributed by atoms with E-state index in [2.05, 4.69) is 30.6 Å². The molecule has 8 N–H and O–H groups in total. The van der Waals surface area contributed by atoms with Gasteiger partial charge in [0.05, 0.1) is 24.6 Å². The smallest absolute Gasteiger partial charge is 0.222 e. The molecule has 0 radical (unpaired) electrons. The molecule has 2 fully saturated rings. The van der Waals surface area contributed by atoms with E-state index in [1.807, 2.05) is 0 Å². The van der Waals surface area contributed by atoms with Crippen molar-refractivity contribution >= 4 is 46.7 Å². The second-order valence-electron chi connectivity index (χ2n) is 10.7. The zero-order chi connectivity index (χ0) is 31.1. The molecule has 2 heterocycles. The van der Waals surface area contributed by atoms with Crippen LogP contribution in [0.1, 0.15) is 25.7 Å². The van der Waals surface area contributed by atoms with E-state index in [1.165, 1.54) is 12.4 Å². The number of ether oxygens (including phenoxy) is 2. The molecule has 2 aromatic heterocycles. The number of benzene rings is 2. The van der Waals surface area contributed by atoms with Crippen LogP contribution in [-0.2, 0) is 0 Å². The normalized spacial score (nSPS) is 20.3. The third-order valence-electron chi connectivity index (χ3n) is 7.31. The maximum Gasteiger partial charge on any atom is 0.222 e. The molecule has 0 amide bonds. The molecule has 12 nitrogen and oxygen atoms in total.